The number of halogens is 1. The Morgan fingerprint density at radius 1 is 0.782 bits per heavy atom. The molecule has 274 valence electrons. The lowest BCUT2D eigenvalue weighted by Crippen LogP contribution is -2.20. The molecule has 6 heterocycles. The van der Waals surface area contributed by atoms with Crippen molar-refractivity contribution in [2.24, 2.45) is 0 Å². The molecule has 2 amide bonds. The average molecular weight is 761 g/mol. The second-order valence-corrected chi connectivity index (χ2v) is 12.2. The van der Waals surface area contributed by atoms with E-state index in [9.17, 15) is 14.4 Å². The highest BCUT2D eigenvalue weighted by Crippen LogP contribution is 2.34. The first-order valence-electron chi connectivity index (χ1n) is 16.1. The van der Waals surface area contributed by atoms with Crippen molar-refractivity contribution >= 4 is 74.6 Å². The number of carbonyl (C=O) groups excluding carboxylic acids is 3. The molecule has 20 nitrogen and oxygen atoms in total. The minimum Gasteiger partial charge on any atom is -0.465 e. The molecule has 0 saturated carbocycles. The minimum atomic E-state index is -0.692. The minimum absolute atomic E-state index is 0.00429. The van der Waals surface area contributed by atoms with Gasteiger partial charge in [0.25, 0.3) is 0 Å². The van der Waals surface area contributed by atoms with E-state index in [-0.39, 0.29) is 64.8 Å². The third-order valence-corrected chi connectivity index (χ3v) is 8.47. The maximum atomic E-state index is 13.7. The number of nitrogens with one attached hydrogen (secondary N) is 2. The van der Waals surface area contributed by atoms with E-state index >= 15 is 0 Å². The quantitative estimate of drug-likeness (QED) is 0.144. The topological polar surface area (TPSA) is 276 Å². The number of rotatable bonds is 10. The van der Waals surface area contributed by atoms with Crippen LogP contribution in [-0.4, -0.2) is 74.6 Å². The number of hydrogen-bond acceptors (Lipinski definition) is 16. The second kappa shape index (κ2) is 14.0. The van der Waals surface area contributed by atoms with Crippen LogP contribution in [0.1, 0.15) is 10.4 Å². The molecule has 8 aromatic rings. The standard InChI is InChI=1S/C34H25ClN14O6/c1-53-34(52)16-9-21(40-24(10-16)42-26(51)15-48-22-7-3-2-6-20(22)41-32(48)28-30(36)46-54-44-28)19-5-4-8-23-27(19)43-33(29-31(37)47-55-45-29)49(23)14-25(50)39-18-11-17(35)12-38-13-18/h2-13H,14-15H2,1H3,(H2,36,46)(H2,37,47)(H,39,50)(H,40,42,51). The van der Waals surface area contributed by atoms with E-state index in [1.807, 2.05) is 0 Å². The van der Waals surface area contributed by atoms with Crippen molar-refractivity contribution in [2.45, 2.75) is 13.1 Å². The predicted octanol–water partition coefficient (Wildman–Crippen LogP) is 3.82. The van der Waals surface area contributed by atoms with Crippen LogP contribution in [0.15, 0.2) is 82.3 Å². The molecular formula is C34H25ClN14O6. The third-order valence-electron chi connectivity index (χ3n) is 8.27. The summed E-state index contributed by atoms with van der Waals surface area (Å²) in [5, 5.41) is 21.0. The Kier molecular flexibility index (Phi) is 8.75. The first-order chi connectivity index (χ1) is 26.7. The summed E-state index contributed by atoms with van der Waals surface area (Å²) in [6.07, 6.45) is 2.89. The van der Waals surface area contributed by atoms with Crippen molar-refractivity contribution in [3.05, 3.63) is 83.6 Å². The Morgan fingerprint density at radius 3 is 2.15 bits per heavy atom. The van der Waals surface area contributed by atoms with Gasteiger partial charge in [-0.05, 0) is 57.0 Å². The molecular weight excluding hydrogens is 736 g/mol. The van der Waals surface area contributed by atoms with Gasteiger partial charge in [-0.1, -0.05) is 35.9 Å². The molecule has 0 aliphatic rings. The number of nitrogen functional groups attached to an aromatic ring is 2. The highest BCUT2D eigenvalue weighted by molar-refractivity contribution is 6.30. The van der Waals surface area contributed by atoms with E-state index in [0.29, 0.717) is 38.3 Å². The van der Waals surface area contributed by atoms with Crippen LogP contribution in [0.5, 0.6) is 0 Å². The number of nitrogens with two attached hydrogens (primary N) is 2. The van der Waals surface area contributed by atoms with Gasteiger partial charge >= 0.3 is 5.97 Å². The normalized spacial score (nSPS) is 11.2. The van der Waals surface area contributed by atoms with Gasteiger partial charge in [0.2, 0.25) is 11.8 Å². The largest absolute Gasteiger partial charge is 0.465 e. The van der Waals surface area contributed by atoms with Gasteiger partial charge in [-0.15, -0.1) is 0 Å². The highest BCUT2D eigenvalue weighted by Gasteiger charge is 2.25. The lowest BCUT2D eigenvalue weighted by atomic mass is 10.1. The van der Waals surface area contributed by atoms with Gasteiger partial charge in [0.15, 0.2) is 34.7 Å². The number of carbonyl (C=O) groups is 3. The van der Waals surface area contributed by atoms with Gasteiger partial charge in [-0.3, -0.25) is 14.6 Å². The fourth-order valence-corrected chi connectivity index (χ4v) is 6.10. The van der Waals surface area contributed by atoms with E-state index < -0.39 is 17.8 Å². The molecule has 8 rings (SSSR count). The lowest BCUT2D eigenvalue weighted by molar-refractivity contribution is -0.117. The van der Waals surface area contributed by atoms with Crippen molar-refractivity contribution in [1.82, 2.24) is 49.7 Å². The van der Waals surface area contributed by atoms with Crippen LogP contribution in [0.25, 0.3) is 56.4 Å². The molecule has 0 aliphatic heterocycles. The fourth-order valence-electron chi connectivity index (χ4n) is 5.93. The van der Waals surface area contributed by atoms with Crippen molar-refractivity contribution < 1.29 is 28.4 Å². The summed E-state index contributed by atoms with van der Waals surface area (Å²) in [4.78, 5) is 58.0. The van der Waals surface area contributed by atoms with E-state index in [1.165, 1.54) is 31.6 Å². The zero-order chi connectivity index (χ0) is 38.2. The first-order valence-corrected chi connectivity index (χ1v) is 16.5. The van der Waals surface area contributed by atoms with Crippen LogP contribution < -0.4 is 22.1 Å². The fraction of sp³-hybridized carbons (Fsp3) is 0.0882. The molecule has 0 unspecified atom stereocenters. The number of nitrogens with zero attached hydrogens (tertiary/aromatic N) is 10. The number of fused-ring (bicyclic) bond motifs is 2. The molecule has 0 atom stereocenters. The molecule has 21 heteroatoms. The number of amides is 2. The summed E-state index contributed by atoms with van der Waals surface area (Å²) in [5.74, 6) is -1.30. The zero-order valence-corrected chi connectivity index (χ0v) is 29.1. The number of benzene rings is 2. The maximum absolute atomic E-state index is 13.7. The number of ether oxygens (including phenoxy) is 1. The highest BCUT2D eigenvalue weighted by atomic mass is 35.5. The van der Waals surface area contributed by atoms with Gasteiger partial charge in [0.05, 0.1) is 57.3 Å². The van der Waals surface area contributed by atoms with Crippen LogP contribution in [0.3, 0.4) is 0 Å². The molecule has 0 bridgehead atoms. The van der Waals surface area contributed by atoms with Gasteiger partial charge < -0.3 is 36.0 Å². The summed E-state index contributed by atoms with van der Waals surface area (Å²) >= 11 is 6.06. The summed E-state index contributed by atoms with van der Waals surface area (Å²) in [6, 6.07) is 16.7. The SMILES string of the molecule is COC(=O)c1cc(NC(=O)Cn2c(-c3nonc3N)nc3ccccc32)nc(-c2cccc3c2nc(-c2nonc2N)n3CC(=O)Nc2cncc(Cl)c2)c1. The molecule has 6 N–H and O–H groups in total. The van der Waals surface area contributed by atoms with E-state index in [2.05, 4.69) is 41.2 Å². The zero-order valence-electron chi connectivity index (χ0n) is 28.3. The van der Waals surface area contributed by atoms with Gasteiger partial charge in [-0.25, -0.2) is 29.0 Å². The summed E-state index contributed by atoms with van der Waals surface area (Å²) in [6.45, 7) is -0.516. The van der Waals surface area contributed by atoms with Crippen LogP contribution in [-0.2, 0) is 27.4 Å². The number of aromatic nitrogens is 10. The van der Waals surface area contributed by atoms with Gasteiger partial charge in [-0.2, -0.15) is 0 Å². The maximum Gasteiger partial charge on any atom is 0.338 e. The number of methoxy groups -OCH3 is 1. The van der Waals surface area contributed by atoms with Crippen LogP contribution in [0.4, 0.5) is 23.1 Å². The molecule has 0 radical (unpaired) electrons. The summed E-state index contributed by atoms with van der Waals surface area (Å²) < 4.78 is 17.8. The molecule has 6 aromatic heterocycles. The molecule has 0 aliphatic carbocycles. The van der Waals surface area contributed by atoms with Crippen molar-refractivity contribution in [2.75, 3.05) is 29.2 Å². The van der Waals surface area contributed by atoms with Gasteiger partial charge in [0, 0.05) is 11.8 Å². The Hall–Kier alpha value is -7.74. The summed E-state index contributed by atoms with van der Waals surface area (Å²) in [5.41, 5.74) is 15.4. The second-order valence-electron chi connectivity index (χ2n) is 11.8. The van der Waals surface area contributed by atoms with Crippen LogP contribution in [0, 0.1) is 0 Å². The number of anilines is 4. The first kappa shape index (κ1) is 34.4. The van der Waals surface area contributed by atoms with Crippen molar-refractivity contribution in [3.63, 3.8) is 0 Å². The van der Waals surface area contributed by atoms with Crippen LogP contribution >= 0.6 is 11.6 Å². The monoisotopic (exact) mass is 760 g/mol. The molecule has 0 spiro atoms. The molecule has 0 fully saturated rings. The number of para-hydroxylation sites is 3. The third kappa shape index (κ3) is 6.59. The number of pyridine rings is 2. The Morgan fingerprint density at radius 2 is 1.45 bits per heavy atom. The van der Waals surface area contributed by atoms with Crippen molar-refractivity contribution in [1.29, 1.82) is 0 Å². The lowest BCUT2D eigenvalue weighted by Gasteiger charge is -2.12. The van der Waals surface area contributed by atoms with E-state index in [4.69, 9.17) is 47.0 Å². The van der Waals surface area contributed by atoms with E-state index in [0.717, 1.165) is 0 Å². The predicted molar refractivity (Wildman–Crippen MR) is 196 cm³/mol. The number of imidazole rings is 2. The molecule has 55 heavy (non-hydrogen) atoms. The van der Waals surface area contributed by atoms with Crippen molar-refractivity contribution in [3.8, 4) is 34.3 Å². The number of esters is 1. The van der Waals surface area contributed by atoms with E-state index in [1.54, 1.807) is 57.7 Å². The molecule has 0 saturated heterocycles. The number of hydrogen-bond donors (Lipinski definition) is 4. The average Bonchev–Trinajstić information content (AvgIpc) is 3.96. The Labute approximate surface area is 312 Å². The summed E-state index contributed by atoms with van der Waals surface area (Å²) in [7, 11) is 1.23. The van der Waals surface area contributed by atoms with Crippen LogP contribution in [0.2, 0.25) is 5.02 Å². The Bertz CT molecular complexity index is 2790. The van der Waals surface area contributed by atoms with Gasteiger partial charge in [0.1, 0.15) is 18.9 Å². The molecule has 2 aromatic carbocycles. The smallest absolute Gasteiger partial charge is 0.338 e. The Balaban J connectivity index is 1.18.